The average molecular weight is 553 g/mol. The van der Waals surface area contributed by atoms with E-state index in [0.29, 0.717) is 54.8 Å². The Morgan fingerprint density at radius 2 is 1.68 bits per heavy atom. The zero-order chi connectivity index (χ0) is 27.1. The van der Waals surface area contributed by atoms with E-state index < -0.39 is 23.1 Å². The number of hydrogen-bond acceptors (Lipinski definition) is 5. The Balaban J connectivity index is 1.41. The second-order valence-electron chi connectivity index (χ2n) is 8.60. The van der Waals surface area contributed by atoms with Crippen LogP contribution < -0.4 is 16.4 Å². The lowest BCUT2D eigenvalue weighted by molar-refractivity contribution is -0.116. The van der Waals surface area contributed by atoms with E-state index in [2.05, 4.69) is 10.4 Å². The lowest BCUT2D eigenvalue weighted by atomic mass is 9.99. The molecule has 0 bridgehead atoms. The van der Waals surface area contributed by atoms with Gasteiger partial charge in [0.05, 0.1) is 5.69 Å². The van der Waals surface area contributed by atoms with Crippen molar-refractivity contribution in [3.05, 3.63) is 96.6 Å². The van der Waals surface area contributed by atoms with Crippen LogP contribution in [0.25, 0.3) is 22.4 Å². The summed E-state index contributed by atoms with van der Waals surface area (Å²) in [5.41, 5.74) is 1.60. The van der Waals surface area contributed by atoms with E-state index in [1.165, 1.54) is 22.8 Å². The maximum absolute atomic E-state index is 13.1. The highest BCUT2D eigenvalue weighted by Gasteiger charge is 2.29. The van der Waals surface area contributed by atoms with Crippen LogP contribution in [0.2, 0.25) is 10.0 Å². The number of aromatic nitrogens is 3. The van der Waals surface area contributed by atoms with Gasteiger partial charge in [0.25, 0.3) is 11.1 Å². The highest BCUT2D eigenvalue weighted by molar-refractivity contribution is 6.35. The van der Waals surface area contributed by atoms with Crippen molar-refractivity contribution in [2.75, 3.05) is 5.32 Å². The number of aromatic amines is 1. The summed E-state index contributed by atoms with van der Waals surface area (Å²) in [6, 6.07) is 13.4. The first-order valence-corrected chi connectivity index (χ1v) is 12.1. The number of carbonyl (C=O) groups excluding carboxylic acids is 2. The molecule has 0 unspecified atom stereocenters. The van der Waals surface area contributed by atoms with Crippen LogP contribution >= 0.6 is 23.2 Å². The normalized spacial score (nSPS) is 12.4. The van der Waals surface area contributed by atoms with Crippen LogP contribution in [0.4, 0.5) is 10.5 Å². The summed E-state index contributed by atoms with van der Waals surface area (Å²) in [6.45, 7) is -0.323. The fraction of sp³-hybridized carbons (Fsp3) is 0.115. The SMILES string of the molecule is O=C(Cn1c2c(c(-c3cc(Cl)ccc3Cl)cc1=O)C(=O)CC2)Nc1ccc(-c2cc(=O)[nH]n2C(=O)O)cc1. The molecule has 38 heavy (non-hydrogen) atoms. The summed E-state index contributed by atoms with van der Waals surface area (Å²) in [7, 11) is 0. The van der Waals surface area contributed by atoms with Crippen molar-refractivity contribution < 1.29 is 19.5 Å². The Morgan fingerprint density at radius 1 is 0.947 bits per heavy atom. The molecule has 0 radical (unpaired) electrons. The van der Waals surface area contributed by atoms with Gasteiger partial charge in [0.1, 0.15) is 6.54 Å². The van der Waals surface area contributed by atoms with Crippen molar-refractivity contribution in [1.82, 2.24) is 14.3 Å². The van der Waals surface area contributed by atoms with Crippen LogP contribution in [0.5, 0.6) is 0 Å². The van der Waals surface area contributed by atoms with Crippen LogP contribution in [-0.2, 0) is 17.8 Å². The maximum Gasteiger partial charge on any atom is 0.431 e. The Morgan fingerprint density at radius 3 is 2.39 bits per heavy atom. The van der Waals surface area contributed by atoms with E-state index in [1.807, 2.05) is 0 Å². The van der Waals surface area contributed by atoms with Crippen LogP contribution in [0.1, 0.15) is 22.5 Å². The van der Waals surface area contributed by atoms with E-state index in [0.717, 1.165) is 6.07 Å². The molecule has 0 atom stereocenters. The standard InChI is InChI=1S/C26H18Cl2N4O6/c27-14-3-6-18(28)16(9-14)17-10-24(36)31(19-7-8-21(33)25(17)19)12-23(35)29-15-4-1-13(2-5-15)20-11-22(34)30-32(20)26(37)38/h1-6,9-11H,7-8,12H2,(H,29,35)(H,30,34)(H,37,38). The van der Waals surface area contributed by atoms with E-state index in [9.17, 15) is 29.1 Å². The molecule has 2 aromatic heterocycles. The number of rotatable bonds is 5. The number of halogens is 2. The van der Waals surface area contributed by atoms with Gasteiger partial charge in [0, 0.05) is 62.2 Å². The molecule has 192 valence electrons. The minimum atomic E-state index is -1.35. The lowest BCUT2D eigenvalue weighted by Crippen LogP contribution is -2.30. The molecular weight excluding hydrogens is 535 g/mol. The molecule has 0 spiro atoms. The second kappa shape index (κ2) is 9.81. The molecule has 0 aliphatic heterocycles. The summed E-state index contributed by atoms with van der Waals surface area (Å²) < 4.78 is 1.97. The number of carboxylic acid groups (broad SMARTS) is 1. The van der Waals surface area contributed by atoms with Crippen LogP contribution in [-0.4, -0.2) is 37.2 Å². The molecule has 10 nitrogen and oxygen atoms in total. The van der Waals surface area contributed by atoms with Crippen LogP contribution in [0.3, 0.4) is 0 Å². The fourth-order valence-electron chi connectivity index (χ4n) is 4.54. The first-order chi connectivity index (χ1) is 18.1. The van der Waals surface area contributed by atoms with Gasteiger partial charge in [0.2, 0.25) is 5.91 Å². The topological polar surface area (TPSA) is 143 Å². The maximum atomic E-state index is 13.1. The molecule has 0 saturated carbocycles. The summed E-state index contributed by atoms with van der Waals surface area (Å²) in [6.07, 6.45) is -0.841. The van der Waals surface area contributed by atoms with Crippen molar-refractivity contribution in [1.29, 1.82) is 0 Å². The van der Waals surface area contributed by atoms with E-state index in [4.69, 9.17) is 23.2 Å². The number of nitrogens with one attached hydrogen (secondary N) is 2. The minimum absolute atomic E-state index is 0.145. The smallest absolute Gasteiger partial charge is 0.431 e. The monoisotopic (exact) mass is 552 g/mol. The summed E-state index contributed by atoms with van der Waals surface area (Å²) >= 11 is 12.4. The number of ketones is 1. The molecule has 0 saturated heterocycles. The van der Waals surface area contributed by atoms with Crippen molar-refractivity contribution >= 4 is 46.7 Å². The van der Waals surface area contributed by atoms with E-state index in [1.54, 1.807) is 30.3 Å². The van der Waals surface area contributed by atoms with Gasteiger partial charge in [-0.1, -0.05) is 35.3 Å². The Hall–Kier alpha value is -4.41. The minimum Gasteiger partial charge on any atom is -0.463 e. The Kier molecular flexibility index (Phi) is 6.52. The largest absolute Gasteiger partial charge is 0.463 e. The molecule has 5 rings (SSSR count). The van der Waals surface area contributed by atoms with Gasteiger partial charge in [-0.2, -0.15) is 4.68 Å². The number of hydrogen-bond donors (Lipinski definition) is 3. The predicted octanol–water partition coefficient (Wildman–Crippen LogP) is 4.27. The third kappa shape index (κ3) is 4.67. The summed E-state index contributed by atoms with van der Waals surface area (Å²) in [5, 5.41) is 14.9. The van der Waals surface area contributed by atoms with Crippen molar-refractivity contribution in [2.45, 2.75) is 19.4 Å². The number of pyridine rings is 1. The molecule has 2 heterocycles. The molecule has 2 aromatic carbocycles. The van der Waals surface area contributed by atoms with E-state index >= 15 is 0 Å². The summed E-state index contributed by atoms with van der Waals surface area (Å²) in [5.74, 6) is -0.653. The van der Waals surface area contributed by atoms with Crippen molar-refractivity contribution in [3.63, 3.8) is 0 Å². The quantitative estimate of drug-likeness (QED) is 0.337. The molecule has 4 aromatic rings. The van der Waals surface area contributed by atoms with Gasteiger partial charge in [-0.15, -0.1) is 0 Å². The zero-order valence-electron chi connectivity index (χ0n) is 19.5. The molecule has 1 amide bonds. The number of fused-ring (bicyclic) bond motifs is 1. The molecule has 1 aliphatic carbocycles. The van der Waals surface area contributed by atoms with Crippen LogP contribution in [0, 0.1) is 0 Å². The number of carbonyl (C=O) groups is 3. The third-order valence-corrected chi connectivity index (χ3v) is 6.76. The van der Waals surface area contributed by atoms with Gasteiger partial charge in [0.15, 0.2) is 5.78 Å². The number of anilines is 1. The molecule has 12 heteroatoms. The number of nitrogens with zero attached hydrogens (tertiary/aromatic N) is 2. The molecular formula is C26H18Cl2N4O6. The molecule has 3 N–H and O–H groups in total. The predicted molar refractivity (Wildman–Crippen MR) is 141 cm³/mol. The second-order valence-corrected chi connectivity index (χ2v) is 9.44. The highest BCUT2D eigenvalue weighted by Crippen LogP contribution is 2.36. The number of benzene rings is 2. The number of Topliss-reactive ketones (excluding diaryl/α,β-unsaturated/α-hetero) is 1. The van der Waals surface area contributed by atoms with Gasteiger partial charge in [-0.3, -0.25) is 24.3 Å². The molecule has 0 fully saturated rings. The van der Waals surface area contributed by atoms with Gasteiger partial charge in [-0.05, 0) is 36.8 Å². The number of H-pyrrole nitrogens is 1. The first-order valence-electron chi connectivity index (χ1n) is 11.3. The fourth-order valence-corrected chi connectivity index (χ4v) is 4.93. The Labute approximate surface area is 224 Å². The number of amides is 1. The van der Waals surface area contributed by atoms with Gasteiger partial charge >= 0.3 is 6.09 Å². The van der Waals surface area contributed by atoms with Crippen LogP contribution in [0.15, 0.2) is 64.2 Å². The Bertz CT molecular complexity index is 1750. The molecule has 1 aliphatic rings. The van der Waals surface area contributed by atoms with Crippen molar-refractivity contribution in [2.24, 2.45) is 0 Å². The summed E-state index contributed by atoms with van der Waals surface area (Å²) in [4.78, 5) is 61.6. The lowest BCUT2D eigenvalue weighted by Gasteiger charge is -2.16. The average Bonchev–Trinajstić information content (AvgIpc) is 3.46. The van der Waals surface area contributed by atoms with Crippen molar-refractivity contribution in [3.8, 4) is 22.4 Å². The first kappa shape index (κ1) is 25.2. The van der Waals surface area contributed by atoms with Gasteiger partial charge < -0.3 is 15.0 Å². The third-order valence-electron chi connectivity index (χ3n) is 6.19. The highest BCUT2D eigenvalue weighted by atomic mass is 35.5. The zero-order valence-corrected chi connectivity index (χ0v) is 21.0. The van der Waals surface area contributed by atoms with Gasteiger partial charge in [-0.25, -0.2) is 4.79 Å². The van der Waals surface area contributed by atoms with E-state index in [-0.39, 0.29) is 24.4 Å².